The van der Waals surface area contributed by atoms with Crippen molar-refractivity contribution in [3.8, 4) is 0 Å². The van der Waals surface area contributed by atoms with Crippen molar-refractivity contribution >= 4 is 0 Å². The first-order valence-electron chi connectivity index (χ1n) is 5.86. The number of aromatic amines is 1. The van der Waals surface area contributed by atoms with Gasteiger partial charge in [0.25, 0.3) is 5.56 Å². The minimum Gasteiger partial charge on any atom is -0.393 e. The van der Waals surface area contributed by atoms with Crippen LogP contribution in [-0.4, -0.2) is 33.9 Å². The summed E-state index contributed by atoms with van der Waals surface area (Å²) in [4.78, 5) is 27.9. The summed E-state index contributed by atoms with van der Waals surface area (Å²) >= 11 is 0. The fourth-order valence-electron chi connectivity index (χ4n) is 1.93. The van der Waals surface area contributed by atoms with Crippen molar-refractivity contribution in [2.75, 3.05) is 13.2 Å². The third-order valence-electron chi connectivity index (χ3n) is 2.98. The number of hydrogen-bond acceptors (Lipinski definition) is 5. The van der Waals surface area contributed by atoms with Crippen LogP contribution in [0.1, 0.15) is 11.8 Å². The summed E-state index contributed by atoms with van der Waals surface area (Å²) in [5, 5.41) is 12.6. The van der Waals surface area contributed by atoms with Crippen molar-refractivity contribution in [2.45, 2.75) is 19.3 Å². The van der Waals surface area contributed by atoms with Crippen molar-refractivity contribution in [2.24, 2.45) is 5.11 Å². The van der Waals surface area contributed by atoms with Crippen molar-refractivity contribution < 1.29 is 9.84 Å². The van der Waals surface area contributed by atoms with Gasteiger partial charge >= 0.3 is 5.69 Å². The van der Waals surface area contributed by atoms with E-state index in [0.29, 0.717) is 11.1 Å². The zero-order chi connectivity index (χ0) is 14.7. The molecule has 1 aromatic heterocycles. The number of aromatic nitrogens is 2. The number of hydrogen-bond donors (Lipinski definition) is 2. The van der Waals surface area contributed by atoms with Crippen LogP contribution in [0.15, 0.2) is 32.5 Å². The molecule has 0 radical (unpaired) electrons. The Morgan fingerprint density at radius 2 is 2.35 bits per heavy atom. The molecule has 0 unspecified atom stereocenters. The van der Waals surface area contributed by atoms with Gasteiger partial charge < -0.3 is 9.84 Å². The van der Waals surface area contributed by atoms with E-state index >= 15 is 0 Å². The zero-order valence-electron chi connectivity index (χ0n) is 10.7. The Morgan fingerprint density at radius 3 is 3.00 bits per heavy atom. The molecule has 2 atom stereocenters. The van der Waals surface area contributed by atoms with Gasteiger partial charge in [0.05, 0.1) is 6.61 Å². The summed E-state index contributed by atoms with van der Waals surface area (Å²) in [5.74, 6) is 0. The summed E-state index contributed by atoms with van der Waals surface area (Å²) in [6.45, 7) is 1.33. The number of aliphatic hydroxyl groups is 1. The normalized spacial score (nSPS) is 21.4. The third-order valence-corrected chi connectivity index (χ3v) is 2.98. The summed E-state index contributed by atoms with van der Waals surface area (Å²) < 4.78 is 6.71. The van der Waals surface area contributed by atoms with Gasteiger partial charge in [-0.1, -0.05) is 5.11 Å². The van der Waals surface area contributed by atoms with E-state index in [4.69, 9.17) is 10.3 Å². The van der Waals surface area contributed by atoms with Crippen LogP contribution in [0.4, 0.5) is 0 Å². The molecule has 0 aliphatic carbocycles. The quantitative estimate of drug-likeness (QED) is 0.346. The molecule has 0 amide bonds. The Labute approximate surface area is 112 Å². The van der Waals surface area contributed by atoms with Crippen LogP contribution in [0, 0.1) is 6.92 Å². The van der Waals surface area contributed by atoms with E-state index in [1.807, 2.05) is 0 Å². The SMILES string of the molecule is Cc1cn([C@H]2C=C(CN=[N+]=[N-])[C@@H](CO)O2)c(=O)[nH]c1=O. The maximum Gasteiger partial charge on any atom is 0.330 e. The Morgan fingerprint density at radius 1 is 1.60 bits per heavy atom. The van der Waals surface area contributed by atoms with Gasteiger partial charge in [0.15, 0.2) is 6.23 Å². The van der Waals surface area contributed by atoms with Crippen molar-refractivity contribution in [3.63, 3.8) is 0 Å². The first-order chi connectivity index (χ1) is 9.56. The first-order valence-corrected chi connectivity index (χ1v) is 5.86. The predicted octanol–water partition coefficient (Wildman–Crippen LogP) is -0.0286. The lowest BCUT2D eigenvalue weighted by molar-refractivity contribution is -0.0142. The molecule has 1 aliphatic heterocycles. The largest absolute Gasteiger partial charge is 0.393 e. The minimum absolute atomic E-state index is 0.0509. The number of ether oxygens (including phenoxy) is 1. The number of azide groups is 1. The van der Waals surface area contributed by atoms with Crippen LogP contribution in [0.3, 0.4) is 0 Å². The van der Waals surface area contributed by atoms with Crippen molar-refractivity contribution in [3.05, 3.63) is 54.7 Å². The second kappa shape index (κ2) is 5.74. The van der Waals surface area contributed by atoms with Gasteiger partial charge in [0.2, 0.25) is 0 Å². The van der Waals surface area contributed by atoms with E-state index in [2.05, 4.69) is 15.0 Å². The molecular formula is C11H13N5O4. The second-order valence-corrected chi connectivity index (χ2v) is 4.31. The maximum atomic E-state index is 11.7. The number of H-pyrrole nitrogens is 1. The van der Waals surface area contributed by atoms with E-state index in [1.54, 1.807) is 13.0 Å². The molecule has 0 bridgehead atoms. The van der Waals surface area contributed by atoms with Gasteiger partial charge in [0.1, 0.15) is 6.10 Å². The topological polar surface area (TPSA) is 133 Å². The van der Waals surface area contributed by atoms with Crippen LogP contribution >= 0.6 is 0 Å². The highest BCUT2D eigenvalue weighted by atomic mass is 16.5. The summed E-state index contributed by atoms with van der Waals surface area (Å²) in [7, 11) is 0. The zero-order valence-corrected chi connectivity index (χ0v) is 10.7. The molecule has 9 heteroatoms. The molecule has 106 valence electrons. The van der Waals surface area contributed by atoms with Gasteiger partial charge in [-0.2, -0.15) is 0 Å². The van der Waals surface area contributed by atoms with E-state index in [1.165, 1.54) is 10.8 Å². The molecule has 9 nitrogen and oxygen atoms in total. The fraction of sp³-hybridized carbons (Fsp3) is 0.455. The van der Waals surface area contributed by atoms with Gasteiger partial charge in [0, 0.05) is 23.2 Å². The molecule has 1 aliphatic rings. The third kappa shape index (κ3) is 2.64. The molecule has 2 rings (SSSR count). The molecule has 0 aromatic carbocycles. The van der Waals surface area contributed by atoms with Gasteiger partial charge in [-0.3, -0.25) is 14.3 Å². The number of aliphatic hydroxyl groups excluding tert-OH is 1. The Kier molecular flexibility index (Phi) is 4.04. The second-order valence-electron chi connectivity index (χ2n) is 4.31. The molecule has 1 aromatic rings. The number of aryl methyl sites for hydroxylation is 1. The Balaban J connectivity index is 2.37. The van der Waals surface area contributed by atoms with E-state index < -0.39 is 23.6 Å². The van der Waals surface area contributed by atoms with E-state index in [9.17, 15) is 14.7 Å². The fourth-order valence-corrected chi connectivity index (χ4v) is 1.93. The average Bonchev–Trinajstić information content (AvgIpc) is 2.83. The Bertz CT molecular complexity index is 698. The lowest BCUT2D eigenvalue weighted by Crippen LogP contribution is -2.33. The summed E-state index contributed by atoms with van der Waals surface area (Å²) in [5.41, 5.74) is 8.20. The van der Waals surface area contributed by atoms with Crippen LogP contribution in [0.25, 0.3) is 10.4 Å². The molecule has 2 N–H and O–H groups in total. The molecule has 20 heavy (non-hydrogen) atoms. The molecule has 0 fully saturated rings. The van der Waals surface area contributed by atoms with Gasteiger partial charge in [-0.15, -0.1) is 0 Å². The average molecular weight is 279 g/mol. The molecular weight excluding hydrogens is 266 g/mol. The van der Waals surface area contributed by atoms with Crippen molar-refractivity contribution in [1.82, 2.24) is 9.55 Å². The number of nitrogens with zero attached hydrogens (tertiary/aromatic N) is 4. The monoisotopic (exact) mass is 279 g/mol. The highest BCUT2D eigenvalue weighted by molar-refractivity contribution is 5.18. The van der Waals surface area contributed by atoms with E-state index in [0.717, 1.165) is 0 Å². The van der Waals surface area contributed by atoms with Gasteiger partial charge in [-0.05, 0) is 24.1 Å². The van der Waals surface area contributed by atoms with Crippen molar-refractivity contribution in [1.29, 1.82) is 0 Å². The smallest absolute Gasteiger partial charge is 0.330 e. The van der Waals surface area contributed by atoms with Crippen LogP contribution in [-0.2, 0) is 4.74 Å². The molecule has 2 heterocycles. The number of nitrogens with one attached hydrogen (secondary N) is 1. The first kappa shape index (κ1) is 14.1. The highest BCUT2D eigenvalue weighted by Crippen LogP contribution is 2.26. The molecule has 0 saturated heterocycles. The van der Waals surface area contributed by atoms with Crippen LogP contribution in [0.5, 0.6) is 0 Å². The van der Waals surface area contributed by atoms with Crippen LogP contribution < -0.4 is 11.2 Å². The molecule has 0 spiro atoms. The van der Waals surface area contributed by atoms with Crippen LogP contribution in [0.2, 0.25) is 0 Å². The van der Waals surface area contributed by atoms with E-state index in [-0.39, 0.29) is 13.2 Å². The lowest BCUT2D eigenvalue weighted by Gasteiger charge is -2.15. The number of rotatable bonds is 4. The lowest BCUT2D eigenvalue weighted by atomic mass is 10.1. The summed E-state index contributed by atoms with van der Waals surface area (Å²) in [6, 6.07) is 0. The standard InChI is InChI=1S/C11H13N5O4/c1-6-4-16(11(19)14-10(6)18)9-2-7(3-13-15-12)8(5-17)20-9/h2,4,8-9,17H,3,5H2,1H3,(H,14,18,19)/t8-,9-/m1/s1. The summed E-state index contributed by atoms with van der Waals surface area (Å²) in [6.07, 6.45) is 1.59. The molecule has 0 saturated carbocycles. The highest BCUT2D eigenvalue weighted by Gasteiger charge is 2.27. The maximum absolute atomic E-state index is 11.7. The minimum atomic E-state index is -0.751. The van der Waals surface area contributed by atoms with Gasteiger partial charge in [-0.25, -0.2) is 4.79 Å². The Hall–Kier alpha value is -2.35. The predicted molar refractivity (Wildman–Crippen MR) is 69.2 cm³/mol.